The lowest BCUT2D eigenvalue weighted by atomic mass is 9.96. The third-order valence-corrected chi connectivity index (χ3v) is 3.64. The number of hydrogen-bond donors (Lipinski definition) is 0. The van der Waals surface area contributed by atoms with E-state index in [2.05, 4.69) is 39.1 Å². The molecule has 96 valence electrons. The van der Waals surface area contributed by atoms with Gasteiger partial charge >= 0.3 is 0 Å². The van der Waals surface area contributed by atoms with Crippen molar-refractivity contribution in [3.05, 3.63) is 65.5 Å². The molecule has 0 amide bonds. The molecule has 1 aliphatic rings. The van der Waals surface area contributed by atoms with Gasteiger partial charge in [-0.3, -0.25) is 4.98 Å². The van der Waals surface area contributed by atoms with Crippen molar-refractivity contribution in [2.75, 3.05) is 5.33 Å². The highest BCUT2D eigenvalue weighted by atomic mass is 79.9. The van der Waals surface area contributed by atoms with Crippen LogP contribution in [-0.2, 0) is 6.61 Å². The zero-order valence-electron chi connectivity index (χ0n) is 10.5. The van der Waals surface area contributed by atoms with E-state index in [0.717, 1.165) is 28.8 Å². The Bertz CT molecular complexity index is 572. The molecule has 1 aliphatic heterocycles. The van der Waals surface area contributed by atoms with E-state index in [4.69, 9.17) is 4.74 Å². The van der Waals surface area contributed by atoms with Crippen LogP contribution >= 0.6 is 15.9 Å². The van der Waals surface area contributed by atoms with Crippen LogP contribution in [0.4, 0.5) is 0 Å². The Morgan fingerprint density at radius 3 is 2.89 bits per heavy atom. The van der Waals surface area contributed by atoms with Crippen LogP contribution in [0.25, 0.3) is 5.57 Å². The van der Waals surface area contributed by atoms with Gasteiger partial charge in [-0.05, 0) is 24.1 Å². The zero-order chi connectivity index (χ0) is 13.1. The van der Waals surface area contributed by atoms with Crippen molar-refractivity contribution in [2.24, 2.45) is 0 Å². The van der Waals surface area contributed by atoms with Crippen LogP contribution in [0, 0.1) is 0 Å². The number of hydrogen-bond acceptors (Lipinski definition) is 2. The van der Waals surface area contributed by atoms with E-state index < -0.39 is 0 Å². The maximum atomic E-state index is 5.87. The summed E-state index contributed by atoms with van der Waals surface area (Å²) in [7, 11) is 0. The first-order valence-corrected chi connectivity index (χ1v) is 7.45. The Morgan fingerprint density at radius 1 is 1.16 bits per heavy atom. The second-order valence-electron chi connectivity index (χ2n) is 4.38. The van der Waals surface area contributed by atoms with Crippen molar-refractivity contribution in [3.8, 4) is 5.75 Å². The molecule has 2 aromatic rings. The van der Waals surface area contributed by atoms with Crippen molar-refractivity contribution in [1.29, 1.82) is 0 Å². The lowest BCUT2D eigenvalue weighted by molar-refractivity contribution is 0.302. The fourth-order valence-electron chi connectivity index (χ4n) is 2.32. The average Bonchev–Trinajstić information content (AvgIpc) is 2.62. The molecule has 0 aliphatic carbocycles. The molecule has 0 atom stereocenters. The number of halogens is 1. The Balaban J connectivity index is 2.19. The third-order valence-electron chi connectivity index (χ3n) is 3.18. The molecule has 0 unspecified atom stereocenters. The predicted molar refractivity (Wildman–Crippen MR) is 80.5 cm³/mol. The van der Waals surface area contributed by atoms with Gasteiger partial charge in [0.2, 0.25) is 0 Å². The van der Waals surface area contributed by atoms with Crippen LogP contribution in [0.15, 0.2) is 48.7 Å². The van der Waals surface area contributed by atoms with Gasteiger partial charge in [-0.25, -0.2) is 0 Å². The number of ether oxygens (including phenoxy) is 1. The van der Waals surface area contributed by atoms with E-state index in [1.54, 1.807) is 0 Å². The standard InChI is InChI=1S/C16H14BrNO/c17-9-3-6-12-13-7-4-10-18-15(13)11-19-16-8-2-1-5-14(12)16/h1-2,4-8,10H,3,9,11H2. The highest BCUT2D eigenvalue weighted by Crippen LogP contribution is 2.35. The summed E-state index contributed by atoms with van der Waals surface area (Å²) in [6, 6.07) is 12.3. The lowest BCUT2D eigenvalue weighted by Crippen LogP contribution is -1.98. The maximum absolute atomic E-state index is 5.87. The second kappa shape index (κ2) is 5.57. The number of pyridine rings is 1. The highest BCUT2D eigenvalue weighted by Gasteiger charge is 2.18. The summed E-state index contributed by atoms with van der Waals surface area (Å²) in [5.74, 6) is 0.932. The average molecular weight is 316 g/mol. The Labute approximate surface area is 121 Å². The third kappa shape index (κ3) is 2.43. The molecule has 3 rings (SSSR count). The summed E-state index contributed by atoms with van der Waals surface area (Å²) in [5.41, 5.74) is 4.54. The summed E-state index contributed by atoms with van der Waals surface area (Å²) in [4.78, 5) is 4.44. The van der Waals surface area contributed by atoms with E-state index in [9.17, 15) is 0 Å². The summed E-state index contributed by atoms with van der Waals surface area (Å²) in [6.45, 7) is 0.527. The van der Waals surface area contributed by atoms with Crippen LogP contribution in [0.3, 0.4) is 0 Å². The molecule has 0 saturated carbocycles. The summed E-state index contributed by atoms with van der Waals surface area (Å²) < 4.78 is 5.87. The van der Waals surface area contributed by atoms with E-state index in [1.165, 1.54) is 11.1 Å². The number of rotatable bonds is 2. The number of para-hydroxylation sites is 1. The lowest BCUT2D eigenvalue weighted by Gasteiger charge is -2.09. The van der Waals surface area contributed by atoms with Crippen molar-refractivity contribution in [2.45, 2.75) is 13.0 Å². The quantitative estimate of drug-likeness (QED) is 0.775. The SMILES string of the molecule is BrCCC=C1c2ccccc2OCc2ncccc21. The number of nitrogens with zero attached hydrogens (tertiary/aromatic N) is 1. The molecule has 0 saturated heterocycles. The first kappa shape index (κ1) is 12.4. The summed E-state index contributed by atoms with van der Waals surface area (Å²) in [6.07, 6.45) is 5.06. The monoisotopic (exact) mass is 315 g/mol. The first-order valence-electron chi connectivity index (χ1n) is 6.33. The molecule has 0 N–H and O–H groups in total. The van der Waals surface area contributed by atoms with Gasteiger partial charge in [0, 0.05) is 22.7 Å². The number of aromatic nitrogens is 1. The number of benzene rings is 1. The molecule has 0 spiro atoms. The molecule has 2 heterocycles. The van der Waals surface area contributed by atoms with E-state index >= 15 is 0 Å². The van der Waals surface area contributed by atoms with Gasteiger partial charge in [-0.1, -0.05) is 46.3 Å². The number of alkyl halides is 1. The molecule has 0 radical (unpaired) electrons. The molecule has 3 heteroatoms. The van der Waals surface area contributed by atoms with Gasteiger partial charge in [-0.2, -0.15) is 0 Å². The van der Waals surface area contributed by atoms with E-state index in [1.807, 2.05) is 30.5 Å². The predicted octanol–water partition coefficient (Wildman–Crippen LogP) is 4.19. The van der Waals surface area contributed by atoms with Crippen molar-refractivity contribution in [3.63, 3.8) is 0 Å². The Kier molecular flexibility index (Phi) is 3.65. The number of fused-ring (bicyclic) bond motifs is 2. The van der Waals surface area contributed by atoms with Gasteiger partial charge in [0.25, 0.3) is 0 Å². The van der Waals surface area contributed by atoms with Crippen molar-refractivity contribution < 1.29 is 4.74 Å². The van der Waals surface area contributed by atoms with E-state index in [-0.39, 0.29) is 0 Å². The van der Waals surface area contributed by atoms with Gasteiger partial charge in [0.15, 0.2) is 0 Å². The molecular weight excluding hydrogens is 302 g/mol. The topological polar surface area (TPSA) is 22.1 Å². The summed E-state index contributed by atoms with van der Waals surface area (Å²) in [5, 5.41) is 0.953. The molecule has 2 nitrogen and oxygen atoms in total. The van der Waals surface area contributed by atoms with Crippen molar-refractivity contribution in [1.82, 2.24) is 4.98 Å². The van der Waals surface area contributed by atoms with Gasteiger partial charge in [-0.15, -0.1) is 0 Å². The second-order valence-corrected chi connectivity index (χ2v) is 5.17. The van der Waals surface area contributed by atoms with Gasteiger partial charge in [0.05, 0.1) is 5.69 Å². The van der Waals surface area contributed by atoms with Crippen LogP contribution in [0.5, 0.6) is 5.75 Å². The molecular formula is C16H14BrNO. The van der Waals surface area contributed by atoms with Gasteiger partial charge in [0.1, 0.15) is 12.4 Å². The minimum absolute atomic E-state index is 0.527. The Hall–Kier alpha value is -1.61. The largest absolute Gasteiger partial charge is 0.487 e. The highest BCUT2D eigenvalue weighted by molar-refractivity contribution is 9.09. The van der Waals surface area contributed by atoms with Gasteiger partial charge < -0.3 is 4.74 Å². The van der Waals surface area contributed by atoms with Crippen LogP contribution in [0.2, 0.25) is 0 Å². The minimum atomic E-state index is 0.527. The fraction of sp³-hybridized carbons (Fsp3) is 0.188. The van der Waals surface area contributed by atoms with Crippen LogP contribution < -0.4 is 4.74 Å². The minimum Gasteiger partial charge on any atom is -0.487 e. The van der Waals surface area contributed by atoms with Crippen LogP contribution in [-0.4, -0.2) is 10.3 Å². The molecule has 1 aromatic heterocycles. The van der Waals surface area contributed by atoms with Crippen molar-refractivity contribution >= 4 is 21.5 Å². The molecule has 1 aromatic carbocycles. The normalized spacial score (nSPS) is 15.3. The fourth-order valence-corrected chi connectivity index (χ4v) is 2.55. The number of allylic oxidation sites excluding steroid dienone is 1. The van der Waals surface area contributed by atoms with E-state index in [0.29, 0.717) is 6.61 Å². The Morgan fingerprint density at radius 2 is 2.00 bits per heavy atom. The first-order chi connectivity index (χ1) is 9.40. The summed E-state index contributed by atoms with van der Waals surface area (Å²) >= 11 is 3.48. The maximum Gasteiger partial charge on any atom is 0.131 e. The molecule has 19 heavy (non-hydrogen) atoms. The van der Waals surface area contributed by atoms with Crippen LogP contribution in [0.1, 0.15) is 23.2 Å². The molecule has 0 bridgehead atoms. The smallest absolute Gasteiger partial charge is 0.131 e. The zero-order valence-corrected chi connectivity index (χ0v) is 12.1. The molecule has 0 fully saturated rings.